The molecule has 2 amide bonds. The van der Waals surface area contributed by atoms with Gasteiger partial charge >= 0.3 is 0 Å². The van der Waals surface area contributed by atoms with Crippen LogP contribution in [0.4, 0.5) is 11.4 Å². The lowest BCUT2D eigenvalue weighted by molar-refractivity contribution is -0.121. The third-order valence-electron chi connectivity index (χ3n) is 5.62. The lowest BCUT2D eigenvalue weighted by Gasteiger charge is -2.18. The van der Waals surface area contributed by atoms with Crippen LogP contribution in [-0.2, 0) is 9.59 Å². The van der Waals surface area contributed by atoms with Crippen LogP contribution < -0.4 is 15.8 Å². The third-order valence-corrected chi connectivity index (χ3v) is 5.62. The van der Waals surface area contributed by atoms with Gasteiger partial charge in [-0.05, 0) is 43.2 Å². The summed E-state index contributed by atoms with van der Waals surface area (Å²) in [5.74, 6) is -1.49. The van der Waals surface area contributed by atoms with Crippen LogP contribution in [0.5, 0.6) is 0 Å². The first kappa shape index (κ1) is 15.8. The normalized spacial score (nSPS) is 20.7. The van der Waals surface area contributed by atoms with Crippen molar-refractivity contribution in [2.75, 3.05) is 10.2 Å². The minimum Gasteiger partial charge on any atom is -0.372 e. The van der Waals surface area contributed by atoms with Gasteiger partial charge in [0.25, 0.3) is 11.5 Å². The van der Waals surface area contributed by atoms with Crippen molar-refractivity contribution in [3.05, 3.63) is 69.5 Å². The molecule has 0 aliphatic carbocycles. The van der Waals surface area contributed by atoms with Gasteiger partial charge in [-0.3, -0.25) is 14.4 Å². The van der Waals surface area contributed by atoms with Crippen LogP contribution in [0.25, 0.3) is 10.9 Å². The number of H-pyrrole nitrogens is 1. The highest BCUT2D eigenvalue weighted by Crippen LogP contribution is 2.44. The van der Waals surface area contributed by atoms with Crippen molar-refractivity contribution in [3.63, 3.8) is 0 Å². The molecule has 2 atom stereocenters. The van der Waals surface area contributed by atoms with Gasteiger partial charge in [0.05, 0.1) is 22.5 Å². The summed E-state index contributed by atoms with van der Waals surface area (Å²) in [7, 11) is 0. The zero-order valence-electron chi connectivity index (χ0n) is 14.9. The highest BCUT2D eigenvalue weighted by molar-refractivity contribution is 6.28. The van der Waals surface area contributed by atoms with Gasteiger partial charge in [0.1, 0.15) is 12.0 Å². The van der Waals surface area contributed by atoms with Gasteiger partial charge in [-0.15, -0.1) is 0 Å². The number of pyridine rings is 1. The maximum Gasteiger partial charge on any atom is 0.257 e. The van der Waals surface area contributed by atoms with E-state index >= 15 is 0 Å². The highest BCUT2D eigenvalue weighted by atomic mass is 16.2. The number of para-hydroxylation sites is 1. The number of aromatic amines is 1. The van der Waals surface area contributed by atoms with E-state index in [1.807, 2.05) is 44.2 Å². The Hall–Kier alpha value is -3.41. The van der Waals surface area contributed by atoms with Crippen LogP contribution in [0.2, 0.25) is 0 Å². The van der Waals surface area contributed by atoms with E-state index in [4.69, 9.17) is 0 Å². The summed E-state index contributed by atoms with van der Waals surface area (Å²) in [6, 6.07) is 12.1. The number of nitrogens with zero attached hydrogens (tertiary/aromatic N) is 1. The van der Waals surface area contributed by atoms with Gasteiger partial charge in [-0.1, -0.05) is 24.3 Å². The molecule has 3 aromatic rings. The molecule has 2 aliphatic heterocycles. The van der Waals surface area contributed by atoms with E-state index in [1.165, 1.54) is 4.90 Å². The van der Waals surface area contributed by atoms with Crippen LogP contribution >= 0.6 is 0 Å². The average Bonchev–Trinajstić information content (AvgIpc) is 3.15. The van der Waals surface area contributed by atoms with Crippen molar-refractivity contribution < 1.29 is 9.59 Å². The number of aromatic nitrogens is 1. The van der Waals surface area contributed by atoms with Gasteiger partial charge < -0.3 is 10.3 Å². The number of carbonyl (C=O) groups is 2. The molecule has 2 N–H and O–H groups in total. The number of imide groups is 1. The summed E-state index contributed by atoms with van der Waals surface area (Å²) in [5.41, 5.74) is 3.93. The molecule has 2 unspecified atom stereocenters. The number of fused-ring (bicyclic) bond motifs is 5. The van der Waals surface area contributed by atoms with Crippen LogP contribution in [-0.4, -0.2) is 22.8 Å². The predicted octanol–water partition coefficient (Wildman–Crippen LogP) is 2.60. The number of anilines is 2. The second-order valence-corrected chi connectivity index (χ2v) is 7.17. The van der Waals surface area contributed by atoms with E-state index in [9.17, 15) is 14.4 Å². The Morgan fingerprint density at radius 1 is 0.926 bits per heavy atom. The lowest BCUT2D eigenvalue weighted by Crippen LogP contribution is -2.34. The van der Waals surface area contributed by atoms with Crippen molar-refractivity contribution in [2.45, 2.75) is 25.8 Å². The molecular formula is C21H17N3O3. The van der Waals surface area contributed by atoms with Crippen molar-refractivity contribution in [1.82, 2.24) is 4.98 Å². The quantitative estimate of drug-likeness (QED) is 0.655. The number of carbonyl (C=O) groups excluding carboxylic acids is 2. The molecule has 1 saturated heterocycles. The average molecular weight is 359 g/mol. The third kappa shape index (κ3) is 2.04. The summed E-state index contributed by atoms with van der Waals surface area (Å²) in [4.78, 5) is 42.9. The molecular weight excluding hydrogens is 342 g/mol. The molecule has 6 heteroatoms. The Balaban J connectivity index is 1.66. The molecule has 0 spiro atoms. The molecule has 2 aromatic carbocycles. The molecule has 0 radical (unpaired) electrons. The minimum atomic E-state index is -0.803. The van der Waals surface area contributed by atoms with Crippen molar-refractivity contribution in [3.8, 4) is 0 Å². The van der Waals surface area contributed by atoms with Gasteiger partial charge in [0.2, 0.25) is 5.91 Å². The Morgan fingerprint density at radius 3 is 2.48 bits per heavy atom. The number of hydrogen-bond acceptors (Lipinski definition) is 4. The molecule has 0 saturated carbocycles. The maximum absolute atomic E-state index is 13.2. The fraction of sp³-hybridized carbons (Fsp3) is 0.190. The molecule has 6 nitrogen and oxygen atoms in total. The smallest absolute Gasteiger partial charge is 0.257 e. The number of nitrogens with one attached hydrogen (secondary N) is 2. The Labute approximate surface area is 154 Å². The van der Waals surface area contributed by atoms with Gasteiger partial charge in [0, 0.05) is 5.39 Å². The SMILES string of the molecule is Cc1ccc(N2C(=O)C3Nc4c(c(=O)[nH]c5ccccc45)C3C2=O)cc1C. The molecule has 2 aliphatic rings. The van der Waals surface area contributed by atoms with Crippen molar-refractivity contribution >= 4 is 34.1 Å². The topological polar surface area (TPSA) is 82.3 Å². The van der Waals surface area contributed by atoms with E-state index in [2.05, 4.69) is 10.3 Å². The van der Waals surface area contributed by atoms with Crippen molar-refractivity contribution in [1.29, 1.82) is 0 Å². The molecule has 134 valence electrons. The standard InChI is InChI=1S/C21H17N3O3/c1-10-7-8-12(9-11(10)2)24-20(26)16-15-17(23-18(16)21(24)27)13-5-3-4-6-14(13)22-19(15)25/h3-9,16,18,23H,1-2H3,(H,22,25). The maximum atomic E-state index is 13.2. The van der Waals surface area contributed by atoms with E-state index < -0.39 is 12.0 Å². The van der Waals surface area contributed by atoms with E-state index in [-0.39, 0.29) is 17.4 Å². The predicted molar refractivity (Wildman–Crippen MR) is 103 cm³/mol. The molecule has 1 aromatic heterocycles. The lowest BCUT2D eigenvalue weighted by atomic mass is 9.97. The van der Waals surface area contributed by atoms with E-state index in [1.54, 1.807) is 12.1 Å². The largest absolute Gasteiger partial charge is 0.372 e. The second-order valence-electron chi connectivity index (χ2n) is 7.17. The van der Waals surface area contributed by atoms with Gasteiger partial charge in [0.15, 0.2) is 0 Å². The summed E-state index contributed by atoms with van der Waals surface area (Å²) in [5, 5.41) is 3.96. The monoisotopic (exact) mass is 359 g/mol. The van der Waals surface area contributed by atoms with Crippen molar-refractivity contribution in [2.24, 2.45) is 0 Å². The van der Waals surface area contributed by atoms with Crippen LogP contribution in [0, 0.1) is 13.8 Å². The Bertz CT molecular complexity index is 1210. The molecule has 1 fully saturated rings. The molecule has 27 heavy (non-hydrogen) atoms. The fourth-order valence-electron chi connectivity index (χ4n) is 4.09. The number of amides is 2. The molecule has 3 heterocycles. The van der Waals surface area contributed by atoms with E-state index in [0.717, 1.165) is 16.5 Å². The Kier molecular flexibility index (Phi) is 3.10. The zero-order chi connectivity index (χ0) is 18.9. The first-order chi connectivity index (χ1) is 13.0. The summed E-state index contributed by atoms with van der Waals surface area (Å²) < 4.78 is 0. The summed E-state index contributed by atoms with van der Waals surface area (Å²) in [6.45, 7) is 3.92. The number of aryl methyl sites for hydroxylation is 2. The zero-order valence-corrected chi connectivity index (χ0v) is 14.9. The fourth-order valence-corrected chi connectivity index (χ4v) is 4.09. The summed E-state index contributed by atoms with van der Waals surface area (Å²) >= 11 is 0. The Morgan fingerprint density at radius 2 is 1.70 bits per heavy atom. The molecule has 5 rings (SSSR count). The van der Waals surface area contributed by atoms with Crippen LogP contribution in [0.3, 0.4) is 0 Å². The summed E-state index contributed by atoms with van der Waals surface area (Å²) in [6.07, 6.45) is 0. The first-order valence-electron chi connectivity index (χ1n) is 8.84. The number of rotatable bonds is 1. The van der Waals surface area contributed by atoms with Crippen LogP contribution in [0.1, 0.15) is 22.6 Å². The van der Waals surface area contributed by atoms with Crippen LogP contribution in [0.15, 0.2) is 47.3 Å². The number of benzene rings is 2. The van der Waals surface area contributed by atoms with Gasteiger partial charge in [-0.2, -0.15) is 0 Å². The second kappa shape index (κ2) is 5.30. The molecule has 0 bridgehead atoms. The van der Waals surface area contributed by atoms with Gasteiger partial charge in [-0.25, -0.2) is 4.90 Å². The minimum absolute atomic E-state index is 0.326. The first-order valence-corrected chi connectivity index (χ1v) is 8.84. The highest BCUT2D eigenvalue weighted by Gasteiger charge is 2.54. The van der Waals surface area contributed by atoms with E-state index in [0.29, 0.717) is 22.5 Å². The number of hydrogen-bond donors (Lipinski definition) is 2.